The van der Waals surface area contributed by atoms with Crippen molar-refractivity contribution in [1.29, 1.82) is 0 Å². The van der Waals surface area contributed by atoms with E-state index in [1.54, 1.807) is 17.0 Å². The van der Waals surface area contributed by atoms with Gasteiger partial charge < -0.3 is 4.57 Å². The maximum Gasteiger partial charge on any atom is 0.243 e. The molecule has 0 aliphatic carbocycles. The fourth-order valence-corrected chi connectivity index (χ4v) is 5.98. The molecule has 0 radical (unpaired) electrons. The maximum atomic E-state index is 12.7. The van der Waals surface area contributed by atoms with Crippen molar-refractivity contribution in [3.8, 4) is 0 Å². The molecule has 1 fully saturated rings. The largest absolute Gasteiger partial charge is 0.334 e. The van der Waals surface area contributed by atoms with E-state index in [4.69, 9.17) is 0 Å². The lowest BCUT2D eigenvalue weighted by Gasteiger charge is -2.22. The van der Waals surface area contributed by atoms with Crippen LogP contribution in [0.2, 0.25) is 0 Å². The van der Waals surface area contributed by atoms with Gasteiger partial charge in [0, 0.05) is 20.1 Å². The Bertz CT molecular complexity index is 931. The third kappa shape index (κ3) is 2.53. The van der Waals surface area contributed by atoms with Gasteiger partial charge in [-0.3, -0.25) is 0 Å². The third-order valence-corrected chi connectivity index (χ3v) is 7.75. The predicted octanol–water partition coefficient (Wildman–Crippen LogP) is 0.381. The van der Waals surface area contributed by atoms with E-state index in [0.717, 1.165) is 5.52 Å². The standard InChI is InChI=1S/C13H17N3O4S2/c1-15-9-14-12-7-11(3-4-13(12)15)22(19,20)16(2)10-5-6-21(17,18)8-10/h3-4,7,9-10H,5-6,8H2,1-2H3. The molecule has 0 N–H and O–H groups in total. The molecule has 0 saturated carbocycles. The Balaban J connectivity index is 1.97. The molecule has 1 aliphatic rings. The van der Waals surface area contributed by atoms with Gasteiger partial charge in [0.15, 0.2) is 9.84 Å². The van der Waals surface area contributed by atoms with Crippen molar-refractivity contribution < 1.29 is 16.8 Å². The van der Waals surface area contributed by atoms with Crippen LogP contribution in [0, 0.1) is 0 Å². The minimum Gasteiger partial charge on any atom is -0.334 e. The lowest BCUT2D eigenvalue weighted by molar-refractivity contribution is 0.394. The monoisotopic (exact) mass is 343 g/mol. The number of rotatable bonds is 3. The van der Waals surface area contributed by atoms with Gasteiger partial charge in [-0.2, -0.15) is 4.31 Å². The zero-order chi connectivity index (χ0) is 16.1. The normalized spacial score (nSPS) is 21.7. The van der Waals surface area contributed by atoms with Crippen molar-refractivity contribution in [2.45, 2.75) is 17.4 Å². The Kier molecular flexibility index (Phi) is 3.54. The molecular weight excluding hydrogens is 326 g/mol. The van der Waals surface area contributed by atoms with E-state index >= 15 is 0 Å². The lowest BCUT2D eigenvalue weighted by atomic mass is 10.3. The van der Waals surface area contributed by atoms with Gasteiger partial charge in [-0.05, 0) is 24.6 Å². The summed E-state index contributed by atoms with van der Waals surface area (Å²) in [4.78, 5) is 4.29. The van der Waals surface area contributed by atoms with Crippen LogP contribution in [-0.4, -0.2) is 55.3 Å². The van der Waals surface area contributed by atoms with E-state index in [2.05, 4.69) is 4.98 Å². The average Bonchev–Trinajstić information content (AvgIpc) is 3.01. The van der Waals surface area contributed by atoms with Crippen LogP contribution in [0.3, 0.4) is 0 Å². The van der Waals surface area contributed by atoms with Crippen molar-refractivity contribution >= 4 is 30.9 Å². The van der Waals surface area contributed by atoms with Crippen LogP contribution < -0.4 is 0 Å². The molecule has 120 valence electrons. The first-order valence-electron chi connectivity index (χ1n) is 6.80. The number of benzene rings is 1. The molecule has 1 saturated heterocycles. The van der Waals surface area contributed by atoms with E-state index in [-0.39, 0.29) is 16.4 Å². The highest BCUT2D eigenvalue weighted by atomic mass is 32.2. The first-order chi connectivity index (χ1) is 10.2. The molecule has 1 aromatic carbocycles. The second kappa shape index (κ2) is 5.04. The molecule has 2 aromatic rings. The highest BCUT2D eigenvalue weighted by Crippen LogP contribution is 2.25. The summed E-state index contributed by atoms with van der Waals surface area (Å²) in [6, 6.07) is 4.24. The zero-order valence-electron chi connectivity index (χ0n) is 12.3. The van der Waals surface area contributed by atoms with Crippen molar-refractivity contribution in [1.82, 2.24) is 13.9 Å². The highest BCUT2D eigenvalue weighted by molar-refractivity contribution is 7.92. The quantitative estimate of drug-likeness (QED) is 0.804. The maximum absolute atomic E-state index is 12.7. The summed E-state index contributed by atoms with van der Waals surface area (Å²) in [6.07, 6.45) is 1.96. The highest BCUT2D eigenvalue weighted by Gasteiger charge is 2.36. The molecule has 22 heavy (non-hydrogen) atoms. The topological polar surface area (TPSA) is 89.3 Å². The van der Waals surface area contributed by atoms with Crippen molar-refractivity contribution in [2.24, 2.45) is 7.05 Å². The Morgan fingerprint density at radius 1 is 1.36 bits per heavy atom. The second-order valence-corrected chi connectivity index (χ2v) is 9.81. The lowest BCUT2D eigenvalue weighted by Crippen LogP contribution is -2.37. The van der Waals surface area contributed by atoms with E-state index in [0.29, 0.717) is 11.9 Å². The van der Waals surface area contributed by atoms with E-state index in [9.17, 15) is 16.8 Å². The Morgan fingerprint density at radius 2 is 2.09 bits per heavy atom. The summed E-state index contributed by atoms with van der Waals surface area (Å²) in [5.74, 6) is -0.0780. The number of sulfonamides is 1. The molecule has 0 spiro atoms. The smallest absolute Gasteiger partial charge is 0.243 e. The molecule has 1 aliphatic heterocycles. The van der Waals surface area contributed by atoms with Crippen molar-refractivity contribution in [3.63, 3.8) is 0 Å². The van der Waals surface area contributed by atoms with Crippen molar-refractivity contribution in [2.75, 3.05) is 18.6 Å². The number of aryl methyl sites for hydroxylation is 1. The van der Waals surface area contributed by atoms with E-state index in [1.807, 2.05) is 7.05 Å². The van der Waals surface area contributed by atoms with Gasteiger partial charge >= 0.3 is 0 Å². The van der Waals surface area contributed by atoms with Crippen molar-refractivity contribution in [3.05, 3.63) is 24.5 Å². The third-order valence-electron chi connectivity index (χ3n) is 4.10. The molecule has 7 nitrogen and oxygen atoms in total. The second-order valence-electron chi connectivity index (χ2n) is 5.58. The molecule has 1 atom stereocenters. The number of hydrogen-bond acceptors (Lipinski definition) is 5. The summed E-state index contributed by atoms with van der Waals surface area (Å²) in [5.41, 5.74) is 1.43. The number of sulfone groups is 1. The number of imidazole rings is 1. The summed E-state index contributed by atoms with van der Waals surface area (Å²) in [5, 5.41) is 0. The van der Waals surface area contributed by atoms with Gasteiger partial charge in [0.05, 0.1) is 33.8 Å². The SMILES string of the molecule is CN(C1CCS(=O)(=O)C1)S(=O)(=O)c1ccc2c(c1)ncn2C. The molecule has 2 heterocycles. The van der Waals surface area contributed by atoms with Gasteiger partial charge in [0.2, 0.25) is 10.0 Å². The van der Waals surface area contributed by atoms with Gasteiger partial charge in [-0.1, -0.05) is 0 Å². The van der Waals surface area contributed by atoms with Crippen LogP contribution >= 0.6 is 0 Å². The molecule has 3 rings (SSSR count). The van der Waals surface area contributed by atoms with E-state index < -0.39 is 25.9 Å². The fraction of sp³-hybridized carbons (Fsp3) is 0.462. The number of hydrogen-bond donors (Lipinski definition) is 0. The average molecular weight is 343 g/mol. The first-order valence-corrected chi connectivity index (χ1v) is 10.1. The molecule has 1 unspecified atom stereocenters. The molecule has 0 amide bonds. The van der Waals surface area contributed by atoms with Crippen LogP contribution in [0.1, 0.15) is 6.42 Å². The fourth-order valence-electron chi connectivity index (χ4n) is 2.70. The van der Waals surface area contributed by atoms with Gasteiger partial charge in [0.25, 0.3) is 0 Å². The molecule has 9 heteroatoms. The van der Waals surface area contributed by atoms with E-state index in [1.165, 1.54) is 23.5 Å². The van der Waals surface area contributed by atoms with Crippen LogP contribution in [0.4, 0.5) is 0 Å². The van der Waals surface area contributed by atoms with Crippen LogP contribution in [0.15, 0.2) is 29.4 Å². The molecule has 0 bridgehead atoms. The van der Waals surface area contributed by atoms with Gasteiger partial charge in [0.1, 0.15) is 0 Å². The van der Waals surface area contributed by atoms with Crippen LogP contribution in [-0.2, 0) is 26.9 Å². The summed E-state index contributed by atoms with van der Waals surface area (Å²) >= 11 is 0. The number of nitrogens with zero attached hydrogens (tertiary/aromatic N) is 3. The molecule has 1 aromatic heterocycles. The summed E-state index contributed by atoms with van der Waals surface area (Å²) in [7, 11) is -3.60. The zero-order valence-corrected chi connectivity index (χ0v) is 13.9. The summed E-state index contributed by atoms with van der Waals surface area (Å²) in [6.45, 7) is 0. The minimum absolute atomic E-state index is 0.0385. The van der Waals surface area contributed by atoms with Gasteiger partial charge in [-0.15, -0.1) is 0 Å². The number of fused-ring (bicyclic) bond motifs is 1. The summed E-state index contributed by atoms with van der Waals surface area (Å²) < 4.78 is 51.4. The Morgan fingerprint density at radius 3 is 2.73 bits per heavy atom. The number of aromatic nitrogens is 2. The minimum atomic E-state index is -3.74. The van der Waals surface area contributed by atoms with Gasteiger partial charge in [-0.25, -0.2) is 21.8 Å². The van der Waals surface area contributed by atoms with Crippen LogP contribution in [0.25, 0.3) is 11.0 Å². The van der Waals surface area contributed by atoms with Crippen LogP contribution in [0.5, 0.6) is 0 Å². The predicted molar refractivity (Wildman–Crippen MR) is 82.7 cm³/mol. The Hall–Kier alpha value is -1.45. The molecular formula is C13H17N3O4S2. The first kappa shape index (κ1) is 15.4. The Labute approximate surface area is 129 Å².